The number of rotatable bonds is 4. The van der Waals surface area contributed by atoms with Gasteiger partial charge in [0.1, 0.15) is 17.1 Å². The quantitative estimate of drug-likeness (QED) is 0.894. The van der Waals surface area contributed by atoms with E-state index in [0.29, 0.717) is 11.8 Å². The summed E-state index contributed by atoms with van der Waals surface area (Å²) < 4.78 is 5.25. The molecule has 1 amide bonds. The predicted molar refractivity (Wildman–Crippen MR) is 108 cm³/mol. The third-order valence-electron chi connectivity index (χ3n) is 6.58. The highest BCUT2D eigenvalue weighted by atomic mass is 16.5. The van der Waals surface area contributed by atoms with Crippen molar-refractivity contribution < 1.29 is 9.53 Å². The van der Waals surface area contributed by atoms with Gasteiger partial charge < -0.3 is 10.1 Å². The van der Waals surface area contributed by atoms with E-state index < -0.39 is 5.54 Å². The summed E-state index contributed by atoms with van der Waals surface area (Å²) in [5, 5.41) is 3.07. The Morgan fingerprint density at radius 3 is 2.68 bits per heavy atom. The van der Waals surface area contributed by atoms with Crippen LogP contribution in [0.3, 0.4) is 0 Å². The number of methoxy groups -OCH3 is 1. The first-order valence-corrected chi connectivity index (χ1v) is 10.00. The Labute approximate surface area is 165 Å². The summed E-state index contributed by atoms with van der Waals surface area (Å²) in [7, 11) is 1.69. The van der Waals surface area contributed by atoms with E-state index in [0.717, 1.165) is 49.6 Å². The zero-order valence-corrected chi connectivity index (χ0v) is 16.1. The molecule has 3 aliphatic rings. The zero-order valence-electron chi connectivity index (χ0n) is 16.1. The van der Waals surface area contributed by atoms with Crippen LogP contribution in [0.25, 0.3) is 0 Å². The van der Waals surface area contributed by atoms with Crippen molar-refractivity contribution in [3.05, 3.63) is 65.7 Å². The van der Waals surface area contributed by atoms with Crippen molar-refractivity contribution in [3.8, 4) is 5.75 Å². The molecule has 1 spiro atoms. The maximum absolute atomic E-state index is 13.0. The van der Waals surface area contributed by atoms with Gasteiger partial charge in [0.15, 0.2) is 0 Å². The minimum atomic E-state index is -0.579. The summed E-state index contributed by atoms with van der Waals surface area (Å²) in [5.74, 6) is 2.55. The Balaban J connectivity index is 1.35. The van der Waals surface area contributed by atoms with Gasteiger partial charge in [-0.25, -0.2) is 0 Å². The number of amidine groups is 1. The molecular formula is C23H25N3O2. The normalized spacial score (nSPS) is 29.0. The number of nitrogens with zero attached hydrogens (tertiary/aromatic N) is 2. The first-order chi connectivity index (χ1) is 13.7. The molecule has 0 aromatic heterocycles. The second-order valence-electron chi connectivity index (χ2n) is 8.15. The lowest BCUT2D eigenvalue weighted by atomic mass is 9.85. The molecule has 2 aliphatic heterocycles. The summed E-state index contributed by atoms with van der Waals surface area (Å²) in [6.45, 7) is 2.88. The summed E-state index contributed by atoms with van der Waals surface area (Å²) >= 11 is 0. The molecule has 1 saturated carbocycles. The van der Waals surface area contributed by atoms with E-state index in [9.17, 15) is 4.79 Å². The van der Waals surface area contributed by atoms with E-state index in [1.54, 1.807) is 7.11 Å². The molecule has 28 heavy (non-hydrogen) atoms. The maximum Gasteiger partial charge on any atom is 0.253 e. The monoisotopic (exact) mass is 375 g/mol. The first kappa shape index (κ1) is 17.4. The fourth-order valence-electron chi connectivity index (χ4n) is 5.15. The topological polar surface area (TPSA) is 53.9 Å². The fraction of sp³-hybridized carbons (Fsp3) is 0.391. The number of carbonyl (C=O) groups is 1. The number of ether oxygens (including phenoxy) is 1. The van der Waals surface area contributed by atoms with Crippen LogP contribution in [0, 0.1) is 11.8 Å². The predicted octanol–water partition coefficient (Wildman–Crippen LogP) is 2.85. The van der Waals surface area contributed by atoms with Gasteiger partial charge in [-0.3, -0.25) is 14.7 Å². The largest absolute Gasteiger partial charge is 0.497 e. The van der Waals surface area contributed by atoms with Gasteiger partial charge in [-0.2, -0.15) is 0 Å². The van der Waals surface area contributed by atoms with Crippen molar-refractivity contribution >= 4 is 11.7 Å². The molecule has 1 aliphatic carbocycles. The molecule has 144 valence electrons. The third kappa shape index (κ3) is 2.81. The summed E-state index contributed by atoms with van der Waals surface area (Å²) in [6.07, 6.45) is 1.93. The van der Waals surface area contributed by atoms with Crippen LogP contribution in [-0.2, 0) is 11.3 Å². The van der Waals surface area contributed by atoms with Crippen LogP contribution in [0.1, 0.15) is 24.0 Å². The Bertz CT molecular complexity index is 909. The standard InChI is InChI=1S/C23H25N3O2/c1-28-19-9-7-16(8-10-19)13-26-14-18-11-12-23(20(18)15-26)22(27)24-21(25-23)17-5-3-2-4-6-17/h2-10,18,20H,11-15H2,1H3,(H,24,25,27)/t18-,20+,23-/m0/s1. The SMILES string of the molecule is COc1ccc(CN2C[C@@H]3CC[C@]4(N=C(c5ccccc5)NC4=O)[C@@H]3C2)cc1. The van der Waals surface area contributed by atoms with Gasteiger partial charge in [0.25, 0.3) is 5.91 Å². The number of benzene rings is 2. The van der Waals surface area contributed by atoms with E-state index in [-0.39, 0.29) is 5.91 Å². The molecular weight excluding hydrogens is 350 g/mol. The van der Waals surface area contributed by atoms with E-state index in [4.69, 9.17) is 9.73 Å². The third-order valence-corrected chi connectivity index (χ3v) is 6.58. The molecule has 3 atom stereocenters. The molecule has 1 N–H and O–H groups in total. The highest BCUT2D eigenvalue weighted by Crippen LogP contribution is 2.49. The van der Waals surface area contributed by atoms with Gasteiger partial charge >= 0.3 is 0 Å². The Kier molecular flexibility index (Phi) is 4.20. The lowest BCUT2D eigenvalue weighted by Crippen LogP contribution is -2.44. The second kappa shape index (κ2) is 6.74. The number of nitrogens with one attached hydrogen (secondary N) is 1. The molecule has 0 radical (unpaired) electrons. The van der Waals surface area contributed by atoms with Gasteiger partial charge in [0.2, 0.25) is 0 Å². The Hall–Kier alpha value is -2.66. The van der Waals surface area contributed by atoms with E-state index in [1.807, 2.05) is 42.5 Å². The van der Waals surface area contributed by atoms with Gasteiger partial charge in [-0.15, -0.1) is 0 Å². The number of aliphatic imine (C=N–C) groups is 1. The van der Waals surface area contributed by atoms with Crippen LogP contribution in [0.4, 0.5) is 0 Å². The van der Waals surface area contributed by atoms with Crippen molar-refractivity contribution in [2.75, 3.05) is 20.2 Å². The molecule has 0 bridgehead atoms. The lowest BCUT2D eigenvalue weighted by Gasteiger charge is -2.25. The van der Waals surface area contributed by atoms with Crippen molar-refractivity contribution in [1.29, 1.82) is 0 Å². The molecule has 0 unspecified atom stereocenters. The van der Waals surface area contributed by atoms with E-state index in [1.165, 1.54) is 5.56 Å². The average Bonchev–Trinajstić information content (AvgIpc) is 3.38. The van der Waals surface area contributed by atoms with Gasteiger partial charge in [-0.1, -0.05) is 42.5 Å². The minimum Gasteiger partial charge on any atom is -0.497 e. The second-order valence-corrected chi connectivity index (χ2v) is 8.15. The van der Waals surface area contributed by atoms with Crippen LogP contribution >= 0.6 is 0 Å². The molecule has 2 fully saturated rings. The summed E-state index contributed by atoms with van der Waals surface area (Å²) in [4.78, 5) is 20.5. The minimum absolute atomic E-state index is 0.0881. The highest BCUT2D eigenvalue weighted by Gasteiger charge is 2.59. The van der Waals surface area contributed by atoms with E-state index in [2.05, 4.69) is 22.3 Å². The fourth-order valence-corrected chi connectivity index (χ4v) is 5.15. The highest BCUT2D eigenvalue weighted by molar-refractivity contribution is 6.15. The number of carbonyl (C=O) groups excluding carboxylic acids is 1. The van der Waals surface area contributed by atoms with Crippen LogP contribution in [0.5, 0.6) is 5.75 Å². The lowest BCUT2D eigenvalue weighted by molar-refractivity contribution is -0.125. The van der Waals surface area contributed by atoms with Crippen LogP contribution in [-0.4, -0.2) is 42.4 Å². The number of amides is 1. The van der Waals surface area contributed by atoms with Crippen LogP contribution < -0.4 is 10.1 Å². The molecule has 2 aromatic rings. The van der Waals surface area contributed by atoms with E-state index >= 15 is 0 Å². The first-order valence-electron chi connectivity index (χ1n) is 10.00. The van der Waals surface area contributed by atoms with Crippen LogP contribution in [0.15, 0.2) is 59.6 Å². The molecule has 2 aromatic carbocycles. The summed E-state index contributed by atoms with van der Waals surface area (Å²) in [5.41, 5.74) is 1.69. The number of fused-ring (bicyclic) bond motifs is 2. The average molecular weight is 375 g/mol. The smallest absolute Gasteiger partial charge is 0.253 e. The van der Waals surface area contributed by atoms with Gasteiger partial charge in [-0.05, 0) is 36.5 Å². The number of hydrogen-bond donors (Lipinski definition) is 1. The van der Waals surface area contributed by atoms with Crippen molar-refractivity contribution in [1.82, 2.24) is 10.2 Å². The van der Waals surface area contributed by atoms with Crippen molar-refractivity contribution in [2.24, 2.45) is 16.8 Å². The molecule has 2 heterocycles. The molecule has 5 nitrogen and oxygen atoms in total. The van der Waals surface area contributed by atoms with Gasteiger partial charge in [0, 0.05) is 31.1 Å². The molecule has 5 heteroatoms. The zero-order chi connectivity index (χ0) is 19.1. The Morgan fingerprint density at radius 1 is 1.14 bits per heavy atom. The summed E-state index contributed by atoms with van der Waals surface area (Å²) in [6, 6.07) is 18.2. The number of likely N-dealkylation sites (tertiary alicyclic amines) is 1. The van der Waals surface area contributed by atoms with Crippen LogP contribution in [0.2, 0.25) is 0 Å². The van der Waals surface area contributed by atoms with Crippen molar-refractivity contribution in [3.63, 3.8) is 0 Å². The maximum atomic E-state index is 13.0. The molecule has 5 rings (SSSR count). The van der Waals surface area contributed by atoms with Gasteiger partial charge in [0.05, 0.1) is 7.11 Å². The Morgan fingerprint density at radius 2 is 1.93 bits per heavy atom. The van der Waals surface area contributed by atoms with Crippen molar-refractivity contribution in [2.45, 2.75) is 24.9 Å². The molecule has 1 saturated heterocycles. The number of hydrogen-bond acceptors (Lipinski definition) is 4.